The van der Waals surface area contributed by atoms with E-state index in [1.165, 1.54) is 10.8 Å². The molecule has 1 aromatic carbocycles. The summed E-state index contributed by atoms with van der Waals surface area (Å²) in [5.74, 6) is 0. The molecule has 0 unspecified atom stereocenters. The van der Waals surface area contributed by atoms with Gasteiger partial charge in [0.15, 0.2) is 0 Å². The van der Waals surface area contributed by atoms with Crippen molar-refractivity contribution in [3.05, 3.63) is 83.1 Å². The molecule has 3 rings (SSSR count). The van der Waals surface area contributed by atoms with Crippen LogP contribution in [0, 0.1) is 0 Å². The summed E-state index contributed by atoms with van der Waals surface area (Å²) in [4.78, 5) is 4.61. The molecular weight excluding hydrogens is 194 g/mol. The van der Waals surface area contributed by atoms with Gasteiger partial charge in [-0.05, 0) is 12.1 Å². The molecular formula is C15H11N. The van der Waals surface area contributed by atoms with E-state index in [0.717, 1.165) is 11.1 Å². The first kappa shape index (κ1) is 9.10. The molecule has 0 saturated carbocycles. The lowest BCUT2D eigenvalue weighted by Gasteiger charge is -1.94. The molecule has 1 heterocycles. The fourth-order valence-electron chi connectivity index (χ4n) is 1.92. The first-order valence-corrected chi connectivity index (χ1v) is 5.35. The Kier molecular flexibility index (Phi) is 2.15. The molecule has 1 nitrogen and oxygen atoms in total. The van der Waals surface area contributed by atoms with Gasteiger partial charge in [-0.25, -0.2) is 4.99 Å². The van der Waals surface area contributed by atoms with Gasteiger partial charge >= 0.3 is 0 Å². The fraction of sp³-hybridized carbons (Fsp3) is 0. The number of para-hydroxylation sites is 1. The molecule has 0 bridgehead atoms. The number of nitrogens with zero attached hydrogens (tertiary/aromatic N) is 1. The van der Waals surface area contributed by atoms with Gasteiger partial charge in [0.25, 0.3) is 0 Å². The van der Waals surface area contributed by atoms with Gasteiger partial charge in [-0.2, -0.15) is 0 Å². The van der Waals surface area contributed by atoms with E-state index in [1.54, 1.807) is 0 Å². The van der Waals surface area contributed by atoms with Crippen LogP contribution in [0.25, 0.3) is 5.57 Å². The molecule has 0 saturated heterocycles. The maximum absolute atomic E-state index is 4.61. The third-order valence-electron chi connectivity index (χ3n) is 2.67. The van der Waals surface area contributed by atoms with E-state index >= 15 is 0 Å². The fourth-order valence-corrected chi connectivity index (χ4v) is 1.92. The van der Waals surface area contributed by atoms with E-state index in [4.69, 9.17) is 0 Å². The van der Waals surface area contributed by atoms with Crippen LogP contribution in [0.3, 0.4) is 0 Å². The first-order valence-electron chi connectivity index (χ1n) is 5.35. The van der Waals surface area contributed by atoms with Crippen molar-refractivity contribution in [2.75, 3.05) is 0 Å². The minimum atomic E-state index is 1.04. The molecule has 1 aliphatic heterocycles. The Labute approximate surface area is 94.2 Å². The molecule has 0 atom stereocenters. The van der Waals surface area contributed by atoms with Crippen LogP contribution < -0.4 is 10.6 Å². The molecule has 2 aliphatic rings. The standard InChI is InChI=1S/C15H11N/c1-2-4-8-12-13-9-6-7-11-15(13)16-14(12)10-5-3-1/h1-11H/b2-1-,3-1?,4-2?,5-3-,8-4-,10-5?,12-8?,14-10-. The molecule has 0 amide bonds. The SMILES string of the molecule is C1=C\C=C/C2=c3ccccc3=N/C2=C\C=C/1. The van der Waals surface area contributed by atoms with Gasteiger partial charge in [0.1, 0.15) is 0 Å². The Morgan fingerprint density at radius 3 is 2.62 bits per heavy atom. The number of hydrogen-bond donors (Lipinski definition) is 0. The zero-order valence-electron chi connectivity index (χ0n) is 8.80. The minimum Gasteiger partial charge on any atom is -0.248 e. The van der Waals surface area contributed by atoms with Crippen molar-refractivity contribution in [1.82, 2.24) is 0 Å². The van der Waals surface area contributed by atoms with Gasteiger partial charge in [-0.3, -0.25) is 0 Å². The van der Waals surface area contributed by atoms with Crippen molar-refractivity contribution < 1.29 is 0 Å². The Hall–Kier alpha value is -2.15. The van der Waals surface area contributed by atoms with E-state index in [2.05, 4.69) is 41.4 Å². The summed E-state index contributed by atoms with van der Waals surface area (Å²) >= 11 is 0. The highest BCUT2D eigenvalue weighted by Crippen LogP contribution is 2.16. The molecule has 76 valence electrons. The Morgan fingerprint density at radius 1 is 0.812 bits per heavy atom. The summed E-state index contributed by atoms with van der Waals surface area (Å²) in [7, 11) is 0. The van der Waals surface area contributed by atoms with Crippen LogP contribution in [0.1, 0.15) is 0 Å². The predicted molar refractivity (Wildman–Crippen MR) is 66.1 cm³/mol. The monoisotopic (exact) mass is 205 g/mol. The highest BCUT2D eigenvalue weighted by atomic mass is 14.8. The Morgan fingerprint density at radius 2 is 1.62 bits per heavy atom. The lowest BCUT2D eigenvalue weighted by atomic mass is 10.1. The molecule has 1 aromatic rings. The second kappa shape index (κ2) is 3.78. The van der Waals surface area contributed by atoms with Crippen LogP contribution in [-0.4, -0.2) is 0 Å². The van der Waals surface area contributed by atoms with E-state index in [-0.39, 0.29) is 0 Å². The van der Waals surface area contributed by atoms with E-state index in [1.807, 2.05) is 30.4 Å². The van der Waals surface area contributed by atoms with Crippen LogP contribution in [0.15, 0.2) is 77.5 Å². The zero-order chi connectivity index (χ0) is 10.8. The first-order chi connectivity index (χ1) is 7.95. The normalized spacial score (nSPS) is 26.0. The molecule has 0 radical (unpaired) electrons. The zero-order valence-corrected chi connectivity index (χ0v) is 8.80. The number of benzene rings is 1. The number of rotatable bonds is 0. The highest BCUT2D eigenvalue weighted by Gasteiger charge is 2.08. The van der Waals surface area contributed by atoms with Gasteiger partial charge in [0.05, 0.1) is 11.1 Å². The van der Waals surface area contributed by atoms with Gasteiger partial charge < -0.3 is 0 Å². The summed E-state index contributed by atoms with van der Waals surface area (Å²) in [5.41, 5.74) is 2.24. The summed E-state index contributed by atoms with van der Waals surface area (Å²) in [6, 6.07) is 8.24. The molecule has 1 heteroatoms. The average molecular weight is 205 g/mol. The van der Waals surface area contributed by atoms with Crippen LogP contribution in [0.4, 0.5) is 0 Å². The van der Waals surface area contributed by atoms with Crippen molar-refractivity contribution in [3.63, 3.8) is 0 Å². The highest BCUT2D eigenvalue weighted by molar-refractivity contribution is 5.75. The van der Waals surface area contributed by atoms with Crippen molar-refractivity contribution >= 4 is 5.57 Å². The lowest BCUT2D eigenvalue weighted by Crippen LogP contribution is -2.21. The van der Waals surface area contributed by atoms with E-state index in [9.17, 15) is 0 Å². The number of fused-ring (bicyclic) bond motifs is 2. The summed E-state index contributed by atoms with van der Waals surface area (Å²) in [6.07, 6.45) is 14.3. The lowest BCUT2D eigenvalue weighted by molar-refractivity contribution is 1.32. The van der Waals surface area contributed by atoms with Crippen LogP contribution in [0.5, 0.6) is 0 Å². The Balaban J connectivity index is 2.35. The molecule has 16 heavy (non-hydrogen) atoms. The predicted octanol–water partition coefficient (Wildman–Crippen LogP) is 2.04. The largest absolute Gasteiger partial charge is 0.248 e. The molecule has 0 fully saturated rings. The second-order valence-electron chi connectivity index (χ2n) is 3.72. The quantitative estimate of drug-likeness (QED) is 0.614. The summed E-state index contributed by atoms with van der Waals surface area (Å²) in [5, 5.41) is 2.28. The van der Waals surface area contributed by atoms with Crippen molar-refractivity contribution in [3.8, 4) is 0 Å². The third kappa shape index (κ3) is 1.47. The minimum absolute atomic E-state index is 1.04. The van der Waals surface area contributed by atoms with Crippen molar-refractivity contribution in [2.24, 2.45) is 4.99 Å². The van der Waals surface area contributed by atoms with Gasteiger partial charge in [0.2, 0.25) is 0 Å². The summed E-state index contributed by atoms with van der Waals surface area (Å²) in [6.45, 7) is 0. The second-order valence-corrected chi connectivity index (χ2v) is 3.72. The third-order valence-corrected chi connectivity index (χ3v) is 2.67. The summed E-state index contributed by atoms with van der Waals surface area (Å²) < 4.78 is 0. The average Bonchev–Trinajstić information content (AvgIpc) is 2.69. The van der Waals surface area contributed by atoms with Crippen LogP contribution in [-0.2, 0) is 0 Å². The molecule has 0 aromatic heterocycles. The van der Waals surface area contributed by atoms with Gasteiger partial charge in [-0.15, -0.1) is 0 Å². The topological polar surface area (TPSA) is 12.4 Å². The smallest absolute Gasteiger partial charge is 0.0716 e. The van der Waals surface area contributed by atoms with Gasteiger partial charge in [-0.1, -0.05) is 54.7 Å². The molecule has 0 spiro atoms. The van der Waals surface area contributed by atoms with Crippen LogP contribution >= 0.6 is 0 Å². The van der Waals surface area contributed by atoms with Crippen molar-refractivity contribution in [2.45, 2.75) is 0 Å². The maximum Gasteiger partial charge on any atom is 0.0716 e. The van der Waals surface area contributed by atoms with Crippen molar-refractivity contribution in [1.29, 1.82) is 0 Å². The number of hydrogen-bond acceptors (Lipinski definition) is 1. The molecule has 1 aliphatic carbocycles. The number of allylic oxidation sites excluding steroid dienone is 7. The Bertz CT molecular complexity index is 655. The van der Waals surface area contributed by atoms with E-state index in [0.29, 0.717) is 0 Å². The van der Waals surface area contributed by atoms with E-state index < -0.39 is 0 Å². The molecule has 0 N–H and O–H groups in total. The van der Waals surface area contributed by atoms with Gasteiger partial charge in [0, 0.05) is 10.8 Å². The maximum atomic E-state index is 4.61. The van der Waals surface area contributed by atoms with Crippen LogP contribution in [0.2, 0.25) is 0 Å².